The van der Waals surface area contributed by atoms with E-state index in [1.807, 2.05) is 35.9 Å². The number of hydrogen-bond donors (Lipinski definition) is 1. The van der Waals surface area contributed by atoms with Crippen LogP contribution < -0.4 is 5.56 Å². The molecule has 0 bridgehead atoms. The maximum Gasteiger partial charge on any atom is 0.252 e. The summed E-state index contributed by atoms with van der Waals surface area (Å²) in [4.78, 5) is 18.2. The van der Waals surface area contributed by atoms with Gasteiger partial charge in [-0.2, -0.15) is 0 Å². The summed E-state index contributed by atoms with van der Waals surface area (Å²) in [5.74, 6) is 0.463. The zero-order chi connectivity index (χ0) is 24.5. The number of aromatic amines is 1. The van der Waals surface area contributed by atoms with E-state index in [0.29, 0.717) is 18.7 Å². The Labute approximate surface area is 198 Å². The number of nitrogens with zero attached hydrogens (tertiary/aromatic N) is 5. The van der Waals surface area contributed by atoms with Crippen molar-refractivity contribution in [1.29, 1.82) is 0 Å². The van der Waals surface area contributed by atoms with Gasteiger partial charge in [0.1, 0.15) is 5.82 Å². The van der Waals surface area contributed by atoms with Gasteiger partial charge in [0, 0.05) is 24.2 Å². The average Bonchev–Trinajstić information content (AvgIpc) is 3.26. The van der Waals surface area contributed by atoms with E-state index in [1.54, 1.807) is 12.1 Å². The highest BCUT2D eigenvalue weighted by Crippen LogP contribution is 2.29. The number of H-pyrrole nitrogens is 1. The van der Waals surface area contributed by atoms with E-state index in [9.17, 15) is 9.18 Å². The van der Waals surface area contributed by atoms with Crippen LogP contribution in [0.5, 0.6) is 0 Å². The molecule has 1 atom stereocenters. The summed E-state index contributed by atoms with van der Waals surface area (Å²) in [5, 5.41) is 13.5. The number of hydrogen-bond acceptors (Lipinski definition) is 5. The van der Waals surface area contributed by atoms with Crippen LogP contribution in [0.1, 0.15) is 62.7 Å². The molecule has 0 radical (unpaired) electrons. The first-order chi connectivity index (χ1) is 16.2. The highest BCUT2D eigenvalue weighted by atomic mass is 19.1. The Bertz CT molecular complexity index is 1340. The second kappa shape index (κ2) is 9.46. The summed E-state index contributed by atoms with van der Waals surface area (Å²) in [6, 6.07) is 14.3. The molecule has 2 aromatic heterocycles. The molecule has 0 amide bonds. The molecule has 0 aliphatic carbocycles. The van der Waals surface area contributed by atoms with Crippen molar-refractivity contribution >= 4 is 10.9 Å². The fraction of sp³-hybridized carbons (Fsp3) is 0.385. The van der Waals surface area contributed by atoms with Crippen molar-refractivity contribution in [2.75, 3.05) is 0 Å². The second-order valence-electron chi connectivity index (χ2n) is 9.79. The molecule has 0 aliphatic rings. The molecular weight excluding hydrogens is 431 g/mol. The minimum Gasteiger partial charge on any atom is -0.322 e. The summed E-state index contributed by atoms with van der Waals surface area (Å²) >= 11 is 0. The van der Waals surface area contributed by atoms with Crippen molar-refractivity contribution < 1.29 is 4.39 Å². The number of pyridine rings is 1. The van der Waals surface area contributed by atoms with E-state index in [0.717, 1.165) is 34.3 Å². The molecule has 1 N–H and O–H groups in total. The monoisotopic (exact) mass is 462 g/mol. The van der Waals surface area contributed by atoms with Gasteiger partial charge < -0.3 is 4.98 Å². The lowest BCUT2D eigenvalue weighted by molar-refractivity contribution is 0.153. The zero-order valence-electron chi connectivity index (χ0n) is 20.3. The molecule has 4 rings (SSSR count). The van der Waals surface area contributed by atoms with Crippen LogP contribution in [0.15, 0.2) is 53.3 Å². The number of benzene rings is 2. The first-order valence-corrected chi connectivity index (χ1v) is 11.6. The lowest BCUT2D eigenvalue weighted by Gasteiger charge is -2.32. The Morgan fingerprint density at radius 2 is 1.82 bits per heavy atom. The Morgan fingerprint density at radius 1 is 1.09 bits per heavy atom. The number of fused-ring (bicyclic) bond motifs is 1. The summed E-state index contributed by atoms with van der Waals surface area (Å²) in [7, 11) is 0. The van der Waals surface area contributed by atoms with Crippen LogP contribution in [0.3, 0.4) is 0 Å². The second-order valence-corrected chi connectivity index (χ2v) is 9.79. The van der Waals surface area contributed by atoms with E-state index in [4.69, 9.17) is 0 Å². The summed E-state index contributed by atoms with van der Waals surface area (Å²) in [5.41, 5.74) is 3.10. The molecule has 178 valence electrons. The predicted molar refractivity (Wildman–Crippen MR) is 131 cm³/mol. The summed E-state index contributed by atoms with van der Waals surface area (Å²) < 4.78 is 15.4. The molecule has 0 aliphatic heterocycles. The predicted octanol–water partition coefficient (Wildman–Crippen LogP) is 4.87. The molecule has 0 saturated heterocycles. The van der Waals surface area contributed by atoms with Crippen LogP contribution in [-0.2, 0) is 18.6 Å². The first kappa shape index (κ1) is 23.8. The van der Waals surface area contributed by atoms with Crippen molar-refractivity contribution in [3.05, 3.63) is 87.2 Å². The van der Waals surface area contributed by atoms with Crippen LogP contribution in [0.4, 0.5) is 4.39 Å². The molecule has 8 heteroatoms. The highest BCUT2D eigenvalue weighted by Gasteiger charge is 2.29. The average molecular weight is 463 g/mol. The SMILES string of the molecule is CCC(c1nnnn1C(C)(C)C)N(Cc1ccc(F)cc1)Cc1cc2ccc(C)cc2[nH]c1=O. The Morgan fingerprint density at radius 3 is 2.50 bits per heavy atom. The van der Waals surface area contributed by atoms with E-state index < -0.39 is 0 Å². The fourth-order valence-corrected chi connectivity index (χ4v) is 4.28. The normalized spacial score (nSPS) is 13.0. The lowest BCUT2D eigenvalue weighted by atomic mass is 10.0. The number of halogens is 1. The van der Waals surface area contributed by atoms with Gasteiger partial charge >= 0.3 is 0 Å². The topological polar surface area (TPSA) is 79.7 Å². The third-order valence-electron chi connectivity index (χ3n) is 6.01. The van der Waals surface area contributed by atoms with Gasteiger partial charge in [0.15, 0.2) is 5.82 Å². The number of nitrogens with one attached hydrogen (secondary N) is 1. The van der Waals surface area contributed by atoms with Crippen molar-refractivity contribution in [1.82, 2.24) is 30.1 Å². The summed E-state index contributed by atoms with van der Waals surface area (Å²) in [6.07, 6.45) is 0.738. The van der Waals surface area contributed by atoms with Gasteiger partial charge in [-0.3, -0.25) is 9.69 Å². The van der Waals surface area contributed by atoms with E-state index in [-0.39, 0.29) is 23.0 Å². The minimum atomic E-state index is -0.300. The van der Waals surface area contributed by atoms with Crippen LogP contribution in [-0.4, -0.2) is 30.1 Å². The molecule has 7 nitrogen and oxygen atoms in total. The van der Waals surface area contributed by atoms with Crippen LogP contribution >= 0.6 is 0 Å². The molecule has 0 fully saturated rings. The zero-order valence-corrected chi connectivity index (χ0v) is 20.3. The summed E-state index contributed by atoms with van der Waals surface area (Å²) in [6.45, 7) is 11.2. The van der Waals surface area contributed by atoms with Gasteiger partial charge in [-0.25, -0.2) is 9.07 Å². The van der Waals surface area contributed by atoms with Gasteiger partial charge in [-0.1, -0.05) is 31.2 Å². The van der Waals surface area contributed by atoms with Crippen molar-refractivity contribution in [3.63, 3.8) is 0 Å². The third-order valence-corrected chi connectivity index (χ3v) is 6.01. The molecule has 1 unspecified atom stereocenters. The standard InChI is InChI=1S/C26H31FN6O/c1-6-23(24-29-30-31-33(24)26(3,4)5)32(15-18-8-11-21(27)12-9-18)16-20-14-19-10-7-17(2)13-22(19)28-25(20)34/h7-14,23H,6,15-16H2,1-5H3,(H,28,34). The molecule has 2 aromatic carbocycles. The number of rotatable bonds is 7. The molecule has 0 spiro atoms. The van der Waals surface area contributed by atoms with Crippen LogP contribution in [0, 0.1) is 12.7 Å². The molecule has 0 saturated carbocycles. The molecule has 2 heterocycles. The van der Waals surface area contributed by atoms with E-state index >= 15 is 0 Å². The number of aromatic nitrogens is 5. The van der Waals surface area contributed by atoms with Gasteiger partial charge in [0.05, 0.1) is 11.6 Å². The first-order valence-electron chi connectivity index (χ1n) is 11.6. The maximum atomic E-state index is 13.5. The van der Waals surface area contributed by atoms with Gasteiger partial charge in [-0.15, -0.1) is 5.10 Å². The highest BCUT2D eigenvalue weighted by molar-refractivity contribution is 5.79. The largest absolute Gasteiger partial charge is 0.322 e. The Kier molecular flexibility index (Phi) is 6.61. The molecule has 4 aromatic rings. The third kappa shape index (κ3) is 5.07. The quantitative estimate of drug-likeness (QED) is 0.424. The van der Waals surface area contributed by atoms with Gasteiger partial charge in [-0.05, 0) is 85.3 Å². The van der Waals surface area contributed by atoms with Crippen molar-refractivity contribution in [2.24, 2.45) is 0 Å². The Hall–Kier alpha value is -3.39. The molecular formula is C26H31FN6O. The van der Waals surface area contributed by atoms with Crippen molar-refractivity contribution in [3.8, 4) is 0 Å². The molecule has 34 heavy (non-hydrogen) atoms. The fourth-order valence-electron chi connectivity index (χ4n) is 4.28. The maximum absolute atomic E-state index is 13.5. The number of aryl methyl sites for hydroxylation is 1. The minimum absolute atomic E-state index is 0.118. The lowest BCUT2D eigenvalue weighted by Crippen LogP contribution is -2.35. The number of tetrazole rings is 1. The van der Waals surface area contributed by atoms with Crippen LogP contribution in [0.2, 0.25) is 0 Å². The van der Waals surface area contributed by atoms with Gasteiger partial charge in [0.25, 0.3) is 5.56 Å². The van der Waals surface area contributed by atoms with Crippen molar-refractivity contribution in [2.45, 2.75) is 65.7 Å². The van der Waals surface area contributed by atoms with Crippen LogP contribution in [0.25, 0.3) is 10.9 Å². The smallest absolute Gasteiger partial charge is 0.252 e. The van der Waals surface area contributed by atoms with E-state index in [2.05, 4.69) is 53.1 Å². The Balaban J connectivity index is 1.76. The van der Waals surface area contributed by atoms with Gasteiger partial charge in [0.2, 0.25) is 0 Å². The van der Waals surface area contributed by atoms with E-state index in [1.165, 1.54) is 12.1 Å².